The smallest absolute Gasteiger partial charge is 0.323 e. The van der Waals surface area contributed by atoms with Gasteiger partial charge in [-0.3, -0.25) is 14.5 Å². The number of hydrogen-bond acceptors (Lipinski definition) is 13. The number of aromatic hydroxyl groups is 1. The molecule has 42 heavy (non-hydrogen) atoms. The maximum Gasteiger partial charge on any atom is 0.323 e. The average Bonchev–Trinajstić information content (AvgIpc) is 3.44. The van der Waals surface area contributed by atoms with Crippen LogP contribution in [0.15, 0.2) is 6.07 Å². The number of fused-ring (bicyclic) bond motifs is 9. The number of aliphatic hydroxyl groups excluding tert-OH is 1. The SMILES string of the molecule is COc1c(C)cc2c(c1O)C1NC(C2)[C@H](O)N2[C@H]1[C@@H]1SCC(N)C(=O)OC[C@H]2c2c3c(c(C)c(OC(C)=O)c21)OCO3. The summed E-state index contributed by atoms with van der Waals surface area (Å²) in [6, 6.07) is -0.922. The third-order valence-electron chi connectivity index (χ3n) is 9.01. The van der Waals surface area contributed by atoms with Gasteiger partial charge in [-0.1, -0.05) is 6.07 Å². The molecule has 2 aromatic rings. The Bertz CT molecular complexity index is 1520. The minimum absolute atomic E-state index is 0.0273. The van der Waals surface area contributed by atoms with E-state index >= 15 is 0 Å². The first-order valence-electron chi connectivity index (χ1n) is 13.9. The molecule has 13 heteroatoms. The highest BCUT2D eigenvalue weighted by molar-refractivity contribution is 7.99. The molecule has 0 radical (unpaired) electrons. The molecule has 0 aliphatic carbocycles. The number of phenols is 1. The molecule has 0 aromatic heterocycles. The van der Waals surface area contributed by atoms with Crippen LogP contribution in [-0.2, 0) is 20.7 Å². The third-order valence-corrected chi connectivity index (χ3v) is 10.4. The molecule has 7 atom stereocenters. The molecule has 224 valence electrons. The molecule has 12 nitrogen and oxygen atoms in total. The molecule has 0 saturated carbocycles. The zero-order valence-corrected chi connectivity index (χ0v) is 24.4. The maximum absolute atomic E-state index is 12.8. The van der Waals surface area contributed by atoms with Gasteiger partial charge in [-0.05, 0) is 31.4 Å². The minimum Gasteiger partial charge on any atom is -0.504 e. The summed E-state index contributed by atoms with van der Waals surface area (Å²) in [5.41, 5.74) is 10.6. The van der Waals surface area contributed by atoms with Crippen LogP contribution < -0.4 is 30.0 Å². The number of piperazine rings is 1. The number of carbonyl (C=O) groups is 2. The topological polar surface area (TPSA) is 162 Å². The quantitative estimate of drug-likeness (QED) is 0.291. The Balaban J connectivity index is 1.52. The van der Waals surface area contributed by atoms with Gasteiger partial charge in [0.1, 0.15) is 24.6 Å². The summed E-state index contributed by atoms with van der Waals surface area (Å²) >= 11 is 1.41. The summed E-state index contributed by atoms with van der Waals surface area (Å²) in [5, 5.41) is 26.6. The van der Waals surface area contributed by atoms with Crippen molar-refractivity contribution in [3.63, 3.8) is 0 Å². The number of thioether (sulfide) groups is 1. The van der Waals surface area contributed by atoms with E-state index in [0.717, 1.165) is 11.1 Å². The van der Waals surface area contributed by atoms with Crippen LogP contribution in [0.25, 0.3) is 0 Å². The molecule has 7 rings (SSSR count). The number of nitrogens with zero attached hydrogens (tertiary/aromatic N) is 1. The molecule has 2 aromatic carbocycles. The minimum atomic E-state index is -0.992. The zero-order valence-electron chi connectivity index (χ0n) is 23.6. The third kappa shape index (κ3) is 3.83. The number of esters is 2. The van der Waals surface area contributed by atoms with Crippen molar-refractivity contribution in [2.24, 2.45) is 5.73 Å². The largest absolute Gasteiger partial charge is 0.504 e. The van der Waals surface area contributed by atoms with Crippen LogP contribution >= 0.6 is 11.8 Å². The van der Waals surface area contributed by atoms with Gasteiger partial charge in [-0.15, -0.1) is 11.8 Å². The first-order valence-corrected chi connectivity index (χ1v) is 15.0. The number of aliphatic hydroxyl groups is 1. The van der Waals surface area contributed by atoms with Crippen LogP contribution in [0.5, 0.6) is 28.7 Å². The lowest BCUT2D eigenvalue weighted by Crippen LogP contribution is -2.69. The van der Waals surface area contributed by atoms with Gasteiger partial charge in [0.2, 0.25) is 6.79 Å². The summed E-state index contributed by atoms with van der Waals surface area (Å²) < 4.78 is 29.1. The summed E-state index contributed by atoms with van der Waals surface area (Å²) in [6.07, 6.45) is -0.533. The Morgan fingerprint density at radius 2 is 1.93 bits per heavy atom. The van der Waals surface area contributed by atoms with Crippen molar-refractivity contribution in [1.29, 1.82) is 0 Å². The predicted molar refractivity (Wildman–Crippen MR) is 150 cm³/mol. The Morgan fingerprint density at radius 3 is 2.67 bits per heavy atom. The van der Waals surface area contributed by atoms with E-state index in [1.54, 1.807) is 0 Å². The molecule has 5 aliphatic heterocycles. The lowest BCUT2D eigenvalue weighted by Gasteiger charge is -2.59. The van der Waals surface area contributed by atoms with Gasteiger partial charge >= 0.3 is 11.9 Å². The molecule has 5 heterocycles. The van der Waals surface area contributed by atoms with Crippen molar-refractivity contribution < 1.29 is 43.5 Å². The number of rotatable bonds is 2. The number of aryl methyl sites for hydroxylation is 1. The van der Waals surface area contributed by atoms with Gasteiger partial charge in [0.25, 0.3) is 0 Å². The van der Waals surface area contributed by atoms with E-state index in [1.165, 1.54) is 25.8 Å². The molecular formula is C29H33N3O9S. The second kappa shape index (κ2) is 9.91. The number of cyclic esters (lactones) is 1. The molecule has 2 fully saturated rings. The monoisotopic (exact) mass is 599 g/mol. The van der Waals surface area contributed by atoms with Crippen LogP contribution in [0.4, 0.5) is 0 Å². The fourth-order valence-electron chi connectivity index (χ4n) is 7.40. The number of hydrogen-bond donors (Lipinski definition) is 4. The molecular weight excluding hydrogens is 566 g/mol. The lowest BCUT2D eigenvalue weighted by molar-refractivity contribution is -0.159. The molecule has 5 aliphatic rings. The van der Waals surface area contributed by atoms with Crippen LogP contribution in [0.1, 0.15) is 57.6 Å². The van der Waals surface area contributed by atoms with Crippen LogP contribution in [0, 0.1) is 13.8 Å². The van der Waals surface area contributed by atoms with Gasteiger partial charge in [0, 0.05) is 41.0 Å². The Hall–Kier alpha value is -3.23. The van der Waals surface area contributed by atoms with Gasteiger partial charge in [-0.25, -0.2) is 0 Å². The molecule has 3 unspecified atom stereocenters. The van der Waals surface area contributed by atoms with E-state index in [0.29, 0.717) is 51.7 Å². The van der Waals surface area contributed by atoms with E-state index in [-0.39, 0.29) is 30.9 Å². The van der Waals surface area contributed by atoms with E-state index in [1.807, 2.05) is 24.8 Å². The number of nitrogens with two attached hydrogens (primary N) is 1. The van der Waals surface area contributed by atoms with Crippen molar-refractivity contribution in [1.82, 2.24) is 10.2 Å². The number of phenolic OH excluding ortho intramolecular Hbond substituents is 1. The van der Waals surface area contributed by atoms with Gasteiger partial charge < -0.3 is 44.9 Å². The Morgan fingerprint density at radius 1 is 1.17 bits per heavy atom. The van der Waals surface area contributed by atoms with Crippen molar-refractivity contribution in [2.45, 2.75) is 68.9 Å². The second-order valence-corrected chi connectivity index (χ2v) is 12.6. The van der Waals surface area contributed by atoms with Gasteiger partial charge in [-0.2, -0.15) is 0 Å². The molecule has 5 N–H and O–H groups in total. The van der Waals surface area contributed by atoms with E-state index in [2.05, 4.69) is 5.32 Å². The second-order valence-electron chi connectivity index (χ2n) is 11.4. The number of nitrogens with one attached hydrogen (secondary N) is 1. The molecule has 0 amide bonds. The van der Waals surface area contributed by atoms with Crippen LogP contribution in [-0.4, -0.2) is 77.7 Å². The lowest BCUT2D eigenvalue weighted by atomic mass is 9.74. The predicted octanol–water partition coefficient (Wildman–Crippen LogP) is 1.64. The maximum atomic E-state index is 12.8. The Labute approximate surface area is 246 Å². The number of carbonyl (C=O) groups excluding carboxylic acids is 2. The van der Waals surface area contributed by atoms with Gasteiger partial charge in [0.05, 0.1) is 30.5 Å². The standard InChI is InChI=1S/C29H33N3O9S/c1-10-5-13-6-15-28(35)32-16-7-38-29(36)14(30)8-42-27(21(32)20(31-15)17(13)22(34)23(10)37-4)19-18(16)26-25(39-9-40-26)11(2)24(19)41-12(3)33/h5,14-16,20-21,27-28,31,34-35H,6-9,30H2,1-4H3/t14?,15?,16-,20?,21+,27+,28-/m0/s1. The number of benzene rings is 2. The average molecular weight is 600 g/mol. The first-order chi connectivity index (χ1) is 20.1. The summed E-state index contributed by atoms with van der Waals surface area (Å²) in [7, 11) is 1.52. The highest BCUT2D eigenvalue weighted by atomic mass is 32.2. The summed E-state index contributed by atoms with van der Waals surface area (Å²) in [6.45, 7) is 4.88. The first kappa shape index (κ1) is 27.6. The zero-order chi connectivity index (χ0) is 29.6. The summed E-state index contributed by atoms with van der Waals surface area (Å²) in [4.78, 5) is 27.2. The normalized spacial score (nSPS) is 31.0. The fourth-order valence-corrected chi connectivity index (χ4v) is 8.85. The summed E-state index contributed by atoms with van der Waals surface area (Å²) in [5.74, 6) is 0.872. The molecule has 0 spiro atoms. The highest BCUT2D eigenvalue weighted by Crippen LogP contribution is 2.62. The number of methoxy groups -OCH3 is 1. The van der Waals surface area contributed by atoms with Crippen LogP contribution in [0.2, 0.25) is 0 Å². The number of ether oxygens (including phenoxy) is 5. The van der Waals surface area contributed by atoms with Crippen LogP contribution in [0.3, 0.4) is 0 Å². The van der Waals surface area contributed by atoms with E-state index in [4.69, 9.17) is 29.4 Å². The van der Waals surface area contributed by atoms with Gasteiger partial charge in [0.15, 0.2) is 23.0 Å². The van der Waals surface area contributed by atoms with Crippen molar-refractivity contribution in [3.05, 3.63) is 39.4 Å². The highest BCUT2D eigenvalue weighted by Gasteiger charge is 2.58. The fraction of sp³-hybridized carbons (Fsp3) is 0.517. The van der Waals surface area contributed by atoms with E-state index in [9.17, 15) is 19.8 Å². The van der Waals surface area contributed by atoms with E-state index < -0.39 is 47.6 Å². The van der Waals surface area contributed by atoms with Crippen molar-refractivity contribution >= 4 is 23.7 Å². The van der Waals surface area contributed by atoms with Crippen molar-refractivity contribution in [2.75, 3.05) is 26.3 Å². The molecule has 2 saturated heterocycles. The van der Waals surface area contributed by atoms with Crippen molar-refractivity contribution in [3.8, 4) is 28.7 Å². The Kier molecular flexibility index (Phi) is 6.51. The molecule has 4 bridgehead atoms.